The highest BCUT2D eigenvalue weighted by Gasteiger charge is 2.11. The van der Waals surface area contributed by atoms with Gasteiger partial charge in [-0.3, -0.25) is 4.79 Å². The standard InChI is InChI=1S/C16H20N2O3/c1-11-15(12(2)21-18-11)6-7-16(20)17-9-13-4-3-5-14(8-13)10-19/h3-5,8,19H,6-7,9-10H2,1-2H3,(H,17,20). The zero-order valence-corrected chi connectivity index (χ0v) is 12.3. The lowest BCUT2D eigenvalue weighted by Crippen LogP contribution is -2.23. The fourth-order valence-corrected chi connectivity index (χ4v) is 2.22. The third-order valence-corrected chi connectivity index (χ3v) is 3.45. The van der Waals surface area contributed by atoms with Gasteiger partial charge in [-0.2, -0.15) is 0 Å². The van der Waals surface area contributed by atoms with Gasteiger partial charge in [0.1, 0.15) is 5.76 Å². The van der Waals surface area contributed by atoms with Crippen LogP contribution in [0.25, 0.3) is 0 Å². The molecule has 0 fully saturated rings. The minimum Gasteiger partial charge on any atom is -0.392 e. The first-order valence-corrected chi connectivity index (χ1v) is 6.97. The topological polar surface area (TPSA) is 75.4 Å². The van der Waals surface area contributed by atoms with Crippen molar-refractivity contribution in [2.24, 2.45) is 0 Å². The molecule has 112 valence electrons. The van der Waals surface area contributed by atoms with E-state index in [9.17, 15) is 4.79 Å². The molecule has 0 radical (unpaired) electrons. The number of rotatable bonds is 6. The number of hydrogen-bond donors (Lipinski definition) is 2. The largest absolute Gasteiger partial charge is 0.392 e. The number of nitrogens with zero attached hydrogens (tertiary/aromatic N) is 1. The average Bonchev–Trinajstić information content (AvgIpc) is 2.82. The van der Waals surface area contributed by atoms with E-state index < -0.39 is 0 Å². The molecule has 0 aliphatic carbocycles. The van der Waals surface area contributed by atoms with Gasteiger partial charge >= 0.3 is 0 Å². The van der Waals surface area contributed by atoms with E-state index in [0.29, 0.717) is 19.4 Å². The van der Waals surface area contributed by atoms with Gasteiger partial charge in [-0.05, 0) is 31.4 Å². The Morgan fingerprint density at radius 2 is 2.10 bits per heavy atom. The number of benzene rings is 1. The van der Waals surface area contributed by atoms with Crippen LogP contribution in [0.3, 0.4) is 0 Å². The van der Waals surface area contributed by atoms with Crippen LogP contribution in [-0.4, -0.2) is 16.2 Å². The van der Waals surface area contributed by atoms with Crippen LogP contribution in [0.1, 0.15) is 34.6 Å². The van der Waals surface area contributed by atoms with E-state index in [4.69, 9.17) is 9.63 Å². The zero-order valence-electron chi connectivity index (χ0n) is 12.3. The molecule has 0 aliphatic heterocycles. The van der Waals surface area contributed by atoms with Crippen molar-refractivity contribution in [2.75, 3.05) is 0 Å². The molecule has 0 spiro atoms. The third kappa shape index (κ3) is 4.16. The zero-order chi connectivity index (χ0) is 15.2. The van der Waals surface area contributed by atoms with Crippen molar-refractivity contribution in [3.63, 3.8) is 0 Å². The smallest absolute Gasteiger partial charge is 0.220 e. The van der Waals surface area contributed by atoms with Crippen molar-refractivity contribution < 1.29 is 14.4 Å². The summed E-state index contributed by atoms with van der Waals surface area (Å²) >= 11 is 0. The molecule has 0 saturated heterocycles. The van der Waals surface area contributed by atoms with E-state index in [1.165, 1.54) is 0 Å². The number of aliphatic hydroxyl groups excluding tert-OH is 1. The molecule has 0 unspecified atom stereocenters. The van der Waals surface area contributed by atoms with Crippen molar-refractivity contribution >= 4 is 5.91 Å². The number of hydrogen-bond acceptors (Lipinski definition) is 4. The van der Waals surface area contributed by atoms with Crippen molar-refractivity contribution in [1.29, 1.82) is 0 Å². The molecule has 5 heteroatoms. The van der Waals surface area contributed by atoms with E-state index in [-0.39, 0.29) is 12.5 Å². The van der Waals surface area contributed by atoms with Gasteiger partial charge in [0, 0.05) is 18.5 Å². The molecule has 0 saturated carbocycles. The number of aliphatic hydroxyl groups is 1. The number of amides is 1. The number of aryl methyl sites for hydroxylation is 2. The number of aromatic nitrogens is 1. The summed E-state index contributed by atoms with van der Waals surface area (Å²) in [6.45, 7) is 4.21. The van der Waals surface area contributed by atoms with Crippen LogP contribution in [0.4, 0.5) is 0 Å². The fourth-order valence-electron chi connectivity index (χ4n) is 2.22. The maximum Gasteiger partial charge on any atom is 0.220 e. The van der Waals surface area contributed by atoms with Crippen molar-refractivity contribution in [3.05, 3.63) is 52.4 Å². The van der Waals surface area contributed by atoms with E-state index in [1.54, 1.807) is 0 Å². The lowest BCUT2D eigenvalue weighted by Gasteiger charge is -2.06. The SMILES string of the molecule is Cc1noc(C)c1CCC(=O)NCc1cccc(CO)c1. The van der Waals surface area contributed by atoms with Crippen LogP contribution < -0.4 is 5.32 Å². The van der Waals surface area contributed by atoms with Crippen LogP contribution in [0.5, 0.6) is 0 Å². The predicted octanol–water partition coefficient (Wildman–Crippen LogP) is 2.03. The molecular weight excluding hydrogens is 268 g/mol. The Balaban J connectivity index is 1.82. The molecule has 0 bridgehead atoms. The van der Waals surface area contributed by atoms with E-state index in [1.807, 2.05) is 38.1 Å². The lowest BCUT2D eigenvalue weighted by molar-refractivity contribution is -0.121. The molecule has 0 aliphatic rings. The Hall–Kier alpha value is -2.14. The molecule has 1 aromatic carbocycles. The van der Waals surface area contributed by atoms with E-state index in [2.05, 4.69) is 10.5 Å². The van der Waals surface area contributed by atoms with Crippen LogP contribution in [-0.2, 0) is 24.4 Å². The molecular formula is C16H20N2O3. The quantitative estimate of drug-likeness (QED) is 0.853. The summed E-state index contributed by atoms with van der Waals surface area (Å²) in [5, 5.41) is 15.8. The molecule has 0 atom stereocenters. The highest BCUT2D eigenvalue weighted by atomic mass is 16.5. The second-order valence-electron chi connectivity index (χ2n) is 5.06. The minimum absolute atomic E-state index is 0.00777. The second kappa shape index (κ2) is 7.04. The van der Waals surface area contributed by atoms with Gasteiger partial charge < -0.3 is 14.9 Å². The van der Waals surface area contributed by atoms with Gasteiger partial charge in [0.2, 0.25) is 5.91 Å². The normalized spacial score (nSPS) is 10.6. The molecule has 21 heavy (non-hydrogen) atoms. The van der Waals surface area contributed by atoms with E-state index in [0.717, 1.165) is 28.1 Å². The van der Waals surface area contributed by atoms with Gasteiger partial charge in [-0.25, -0.2) is 0 Å². The summed E-state index contributed by atoms with van der Waals surface area (Å²) in [5.41, 5.74) is 3.67. The summed E-state index contributed by atoms with van der Waals surface area (Å²) in [7, 11) is 0. The summed E-state index contributed by atoms with van der Waals surface area (Å²) in [6, 6.07) is 7.53. The average molecular weight is 288 g/mol. The van der Waals surface area contributed by atoms with Gasteiger partial charge in [0.15, 0.2) is 0 Å². The first kappa shape index (κ1) is 15.3. The summed E-state index contributed by atoms with van der Waals surface area (Å²) < 4.78 is 5.08. The molecule has 1 aromatic heterocycles. The molecule has 1 amide bonds. The number of carbonyl (C=O) groups is 1. The van der Waals surface area contributed by atoms with E-state index >= 15 is 0 Å². The maximum absolute atomic E-state index is 11.9. The van der Waals surface area contributed by atoms with Crippen LogP contribution in [0.2, 0.25) is 0 Å². The maximum atomic E-state index is 11.9. The van der Waals surface area contributed by atoms with Gasteiger partial charge in [0.05, 0.1) is 12.3 Å². The Kier molecular flexibility index (Phi) is 5.11. The van der Waals surface area contributed by atoms with Crippen molar-refractivity contribution in [2.45, 2.75) is 39.8 Å². The summed E-state index contributed by atoms with van der Waals surface area (Å²) in [5.74, 6) is 0.764. The van der Waals surface area contributed by atoms with Crippen LogP contribution >= 0.6 is 0 Å². The van der Waals surface area contributed by atoms with Gasteiger partial charge in [-0.15, -0.1) is 0 Å². The molecule has 1 heterocycles. The molecule has 5 nitrogen and oxygen atoms in total. The Morgan fingerprint density at radius 3 is 2.76 bits per heavy atom. The van der Waals surface area contributed by atoms with Crippen LogP contribution in [0, 0.1) is 13.8 Å². The second-order valence-corrected chi connectivity index (χ2v) is 5.06. The summed E-state index contributed by atoms with van der Waals surface area (Å²) in [4.78, 5) is 11.9. The van der Waals surface area contributed by atoms with Crippen molar-refractivity contribution in [1.82, 2.24) is 10.5 Å². The Labute approximate surface area is 124 Å². The van der Waals surface area contributed by atoms with Gasteiger partial charge in [-0.1, -0.05) is 29.4 Å². The Morgan fingerprint density at radius 1 is 1.33 bits per heavy atom. The first-order valence-electron chi connectivity index (χ1n) is 6.97. The first-order chi connectivity index (χ1) is 10.1. The predicted molar refractivity (Wildman–Crippen MR) is 78.5 cm³/mol. The Bertz CT molecular complexity index is 600. The van der Waals surface area contributed by atoms with Crippen LogP contribution in [0.15, 0.2) is 28.8 Å². The monoisotopic (exact) mass is 288 g/mol. The fraction of sp³-hybridized carbons (Fsp3) is 0.375. The molecule has 2 N–H and O–H groups in total. The van der Waals surface area contributed by atoms with Crippen molar-refractivity contribution in [3.8, 4) is 0 Å². The third-order valence-electron chi connectivity index (χ3n) is 3.45. The highest BCUT2D eigenvalue weighted by molar-refractivity contribution is 5.76. The molecule has 2 rings (SSSR count). The highest BCUT2D eigenvalue weighted by Crippen LogP contribution is 2.14. The number of carbonyl (C=O) groups excluding carboxylic acids is 1. The number of nitrogens with one attached hydrogen (secondary N) is 1. The van der Waals surface area contributed by atoms with Gasteiger partial charge in [0.25, 0.3) is 0 Å². The minimum atomic E-state index is -0.00981. The lowest BCUT2D eigenvalue weighted by atomic mass is 10.1. The summed E-state index contributed by atoms with van der Waals surface area (Å²) in [6.07, 6.45) is 1.03. The molecule has 2 aromatic rings.